The number of amides is 2. The number of nitrogens with zero attached hydrogens (tertiary/aromatic N) is 4. The minimum atomic E-state index is -0.00189. The van der Waals surface area contributed by atoms with E-state index in [1.165, 1.54) is 44.9 Å². The minimum absolute atomic E-state index is 0. The highest BCUT2D eigenvalue weighted by atomic mass is 32.1. The van der Waals surface area contributed by atoms with Crippen molar-refractivity contribution in [3.05, 3.63) is 71.4 Å². The summed E-state index contributed by atoms with van der Waals surface area (Å²) in [4.78, 5) is 48.1. The molecule has 0 unspecified atom stereocenters. The predicted octanol–water partition coefficient (Wildman–Crippen LogP) is 9.03. The zero-order chi connectivity index (χ0) is 35.3. The number of hydrogen-bond donors (Lipinski definition) is 2. The molecule has 2 aromatic carbocycles. The fraction of sp³-hybridized carbons (Fsp3) is 0.535. The average molecular weight is 821 g/mol. The van der Waals surface area contributed by atoms with Gasteiger partial charge in [-0.05, 0) is 98.1 Å². The van der Waals surface area contributed by atoms with Crippen molar-refractivity contribution in [2.24, 2.45) is 29.1 Å². The third-order valence-corrected chi connectivity index (χ3v) is 12.7. The van der Waals surface area contributed by atoms with Crippen molar-refractivity contribution in [3.63, 3.8) is 0 Å². The Morgan fingerprint density at radius 2 is 1.47 bits per heavy atom. The van der Waals surface area contributed by atoms with Crippen LogP contribution in [0.15, 0.2) is 48.7 Å². The second-order valence-corrected chi connectivity index (χ2v) is 16.5. The quantitative estimate of drug-likeness (QED) is 0.182. The molecule has 0 radical (unpaired) electrons. The van der Waals surface area contributed by atoms with Gasteiger partial charge < -0.3 is 19.8 Å². The molecule has 2 aliphatic heterocycles. The predicted molar refractivity (Wildman–Crippen MR) is 242 cm³/mol. The number of aromatic nitrogens is 4. The van der Waals surface area contributed by atoms with E-state index in [4.69, 9.17) is 9.97 Å². The molecule has 4 aliphatic rings. The zero-order valence-electron chi connectivity index (χ0n) is 32.7. The van der Waals surface area contributed by atoms with Gasteiger partial charge in [-0.2, -0.15) is 54.0 Å². The summed E-state index contributed by atoms with van der Waals surface area (Å²) in [5, 5.41) is 0. The summed E-state index contributed by atoms with van der Waals surface area (Å²) in [5.74, 6) is 9.90. The molecule has 55 heavy (non-hydrogen) atoms. The van der Waals surface area contributed by atoms with Gasteiger partial charge in [-0.1, -0.05) is 70.9 Å². The largest absolute Gasteiger partial charge is 0.340 e. The second kappa shape index (κ2) is 18.5. The number of carbonyl (C=O) groups excluding carboxylic acids is 2. The van der Waals surface area contributed by atoms with E-state index in [0.29, 0.717) is 17.7 Å². The van der Waals surface area contributed by atoms with Crippen LogP contribution in [0.4, 0.5) is 0 Å². The van der Waals surface area contributed by atoms with Gasteiger partial charge in [-0.25, -0.2) is 9.97 Å². The summed E-state index contributed by atoms with van der Waals surface area (Å²) < 4.78 is 0. The molecule has 2 aromatic heterocycles. The van der Waals surface area contributed by atoms with Gasteiger partial charge in [0.1, 0.15) is 11.6 Å². The van der Waals surface area contributed by atoms with Crippen LogP contribution in [-0.4, -0.2) is 54.6 Å². The first kappa shape index (κ1) is 44.7. The first-order valence-corrected chi connectivity index (χ1v) is 19.5. The number of carbonyl (C=O) groups is 2. The van der Waals surface area contributed by atoms with E-state index in [1.54, 1.807) is 0 Å². The number of likely N-dealkylation sites (tertiary alicyclic amines) is 2. The Morgan fingerprint density at radius 3 is 2.16 bits per heavy atom. The standard InChI is InChI=1S/C43H52N6O2.4H2S/c1-27(2)28(3)41(50)49-26-43(20-21-43)24-38(49)40-45-34-19-16-31(23-35(34)46-40)13-12-30-14-17-33(18-15-30)36-25-44-39(47-36)37-11-8-22-48(37)42(51)29(4)32-9-6-5-7-10-32;;;;/h14-19,23,25,27-29,32,37-38H,5-11,20-22,24,26H2,1-4H3,(H,44,47)(H,45,46);4*1H2/t28-,29-,37-,38-;;;;/m0..../s1. The fourth-order valence-electron chi connectivity index (χ4n) is 8.83. The van der Waals surface area contributed by atoms with E-state index in [9.17, 15) is 9.59 Å². The Hall–Kier alpha value is -2.98. The number of benzene rings is 2. The maximum Gasteiger partial charge on any atom is 0.226 e. The van der Waals surface area contributed by atoms with Crippen LogP contribution in [0.3, 0.4) is 0 Å². The summed E-state index contributed by atoms with van der Waals surface area (Å²) in [7, 11) is 0. The van der Waals surface area contributed by atoms with Crippen LogP contribution in [0.5, 0.6) is 0 Å². The first-order chi connectivity index (χ1) is 24.7. The minimum Gasteiger partial charge on any atom is -0.340 e. The Morgan fingerprint density at radius 1 is 0.782 bits per heavy atom. The summed E-state index contributed by atoms with van der Waals surface area (Å²) in [6, 6.07) is 14.4. The van der Waals surface area contributed by atoms with Crippen LogP contribution < -0.4 is 0 Å². The number of hydrogen-bond acceptors (Lipinski definition) is 4. The van der Waals surface area contributed by atoms with Crippen LogP contribution >= 0.6 is 54.0 Å². The molecule has 4 fully saturated rings. The molecule has 0 bridgehead atoms. The number of imidazole rings is 2. The smallest absolute Gasteiger partial charge is 0.226 e. The third-order valence-electron chi connectivity index (χ3n) is 12.7. The van der Waals surface area contributed by atoms with E-state index >= 15 is 0 Å². The molecule has 8 rings (SSSR count). The van der Waals surface area contributed by atoms with Gasteiger partial charge in [0.2, 0.25) is 11.8 Å². The van der Waals surface area contributed by atoms with Gasteiger partial charge in [0, 0.05) is 36.1 Å². The Kier molecular flexibility index (Phi) is 15.1. The van der Waals surface area contributed by atoms with E-state index in [-0.39, 0.29) is 89.2 Å². The number of fused-ring (bicyclic) bond motifs is 1. The van der Waals surface area contributed by atoms with Crippen LogP contribution in [-0.2, 0) is 9.59 Å². The Balaban J connectivity index is 0.00000168. The molecule has 2 amide bonds. The molecule has 2 aliphatic carbocycles. The third kappa shape index (κ3) is 9.27. The molecule has 298 valence electrons. The van der Waals surface area contributed by atoms with Gasteiger partial charge >= 0.3 is 0 Å². The van der Waals surface area contributed by atoms with Crippen LogP contribution in [0.1, 0.15) is 127 Å². The van der Waals surface area contributed by atoms with Crippen molar-refractivity contribution >= 4 is 76.8 Å². The molecule has 1 spiro atoms. The molecule has 2 saturated heterocycles. The van der Waals surface area contributed by atoms with Crippen LogP contribution in [0.25, 0.3) is 22.3 Å². The maximum absolute atomic E-state index is 13.6. The van der Waals surface area contributed by atoms with E-state index in [0.717, 1.165) is 77.4 Å². The summed E-state index contributed by atoms with van der Waals surface area (Å²) in [5.41, 5.74) is 6.00. The molecule has 2 saturated carbocycles. The summed E-state index contributed by atoms with van der Waals surface area (Å²) in [6.07, 6.45) is 13.4. The van der Waals surface area contributed by atoms with E-state index in [2.05, 4.69) is 77.5 Å². The molecular formula is C43H60N6O2S4. The molecule has 4 heterocycles. The molecule has 8 nitrogen and oxygen atoms in total. The first-order valence-electron chi connectivity index (χ1n) is 19.5. The van der Waals surface area contributed by atoms with Gasteiger partial charge in [-0.3, -0.25) is 9.59 Å². The summed E-state index contributed by atoms with van der Waals surface area (Å²) >= 11 is 0. The lowest BCUT2D eigenvalue weighted by molar-refractivity contribution is -0.138. The molecule has 4 aromatic rings. The molecule has 2 N–H and O–H groups in total. The number of aromatic amines is 2. The lowest BCUT2D eigenvalue weighted by atomic mass is 9.80. The molecule has 4 atom stereocenters. The monoisotopic (exact) mass is 820 g/mol. The van der Waals surface area contributed by atoms with Crippen molar-refractivity contribution < 1.29 is 9.59 Å². The van der Waals surface area contributed by atoms with Crippen molar-refractivity contribution in [1.82, 2.24) is 29.7 Å². The fourth-order valence-corrected chi connectivity index (χ4v) is 8.83. The van der Waals surface area contributed by atoms with Crippen molar-refractivity contribution in [2.75, 3.05) is 13.1 Å². The van der Waals surface area contributed by atoms with Crippen molar-refractivity contribution in [2.45, 2.75) is 104 Å². The molecular weight excluding hydrogens is 761 g/mol. The van der Waals surface area contributed by atoms with E-state index < -0.39 is 0 Å². The van der Waals surface area contributed by atoms with Gasteiger partial charge in [0.25, 0.3) is 0 Å². The highest BCUT2D eigenvalue weighted by Gasteiger charge is 2.54. The van der Waals surface area contributed by atoms with Gasteiger partial charge in [0.15, 0.2) is 0 Å². The van der Waals surface area contributed by atoms with E-state index in [1.807, 2.05) is 30.5 Å². The Labute approximate surface area is 355 Å². The lowest BCUT2D eigenvalue weighted by Gasteiger charge is -2.32. The van der Waals surface area contributed by atoms with Gasteiger partial charge in [-0.15, -0.1) is 0 Å². The Bertz CT molecular complexity index is 1990. The number of H-pyrrole nitrogens is 2. The normalized spacial score (nSPS) is 21.1. The highest BCUT2D eigenvalue weighted by Crippen LogP contribution is 2.58. The van der Waals surface area contributed by atoms with Crippen molar-refractivity contribution in [1.29, 1.82) is 0 Å². The SMILES string of the molecule is CC(C)[C@H](C)C(=O)N1CC2(CC2)C[C@H]1c1nc2ccc(C#Cc3ccc(-c4cnc([C@@H]5CCCN5C(=O)[C@@H](C)C5CCCCC5)[nH]4)cc3)cc2[nH]1.S.S.S.S. The average Bonchev–Trinajstić information content (AvgIpc) is 3.64. The number of nitrogens with one attached hydrogen (secondary N) is 2. The highest BCUT2D eigenvalue weighted by molar-refractivity contribution is 7.59. The van der Waals surface area contributed by atoms with Crippen LogP contribution in [0, 0.1) is 40.9 Å². The van der Waals surface area contributed by atoms with Gasteiger partial charge in [0.05, 0.1) is 35.0 Å². The zero-order valence-corrected chi connectivity index (χ0v) is 36.7. The number of rotatable bonds is 7. The van der Waals surface area contributed by atoms with Crippen LogP contribution in [0.2, 0.25) is 0 Å². The lowest BCUT2D eigenvalue weighted by Crippen LogP contribution is -2.38. The molecule has 12 heteroatoms. The topological polar surface area (TPSA) is 98.0 Å². The van der Waals surface area contributed by atoms with Crippen molar-refractivity contribution in [3.8, 4) is 23.1 Å². The maximum atomic E-state index is 13.6. The second-order valence-electron chi connectivity index (χ2n) is 16.5. The summed E-state index contributed by atoms with van der Waals surface area (Å²) in [6.45, 7) is 10.1.